The van der Waals surface area contributed by atoms with Gasteiger partial charge in [-0.25, -0.2) is 0 Å². The standard InChI is InChI=1S/C13H17BrF3NO2/c1-9(6-13(15,16)17)18-7-11(19)8-20-12-4-2-3-10(14)5-12/h2-5,9,11,18-19H,6-8H2,1H3. The number of hydrogen-bond acceptors (Lipinski definition) is 3. The summed E-state index contributed by atoms with van der Waals surface area (Å²) in [6.07, 6.45) is -6.00. The van der Waals surface area contributed by atoms with Gasteiger partial charge < -0.3 is 15.2 Å². The zero-order chi connectivity index (χ0) is 15.2. The third-order valence-corrected chi connectivity index (χ3v) is 2.97. The highest BCUT2D eigenvalue weighted by molar-refractivity contribution is 9.10. The van der Waals surface area contributed by atoms with Crippen molar-refractivity contribution in [3.05, 3.63) is 28.7 Å². The number of nitrogens with one attached hydrogen (secondary N) is 1. The average molecular weight is 356 g/mol. The second-order valence-electron chi connectivity index (χ2n) is 4.55. The molecular weight excluding hydrogens is 339 g/mol. The SMILES string of the molecule is CC(CC(F)(F)F)NCC(O)COc1cccc(Br)c1. The fraction of sp³-hybridized carbons (Fsp3) is 0.538. The Balaban J connectivity index is 2.25. The first kappa shape index (κ1) is 17.3. The molecule has 0 spiro atoms. The fourth-order valence-electron chi connectivity index (χ4n) is 1.56. The van der Waals surface area contributed by atoms with Gasteiger partial charge in [-0.1, -0.05) is 22.0 Å². The summed E-state index contributed by atoms with van der Waals surface area (Å²) >= 11 is 3.29. The molecule has 0 amide bonds. The van der Waals surface area contributed by atoms with Crippen molar-refractivity contribution in [3.63, 3.8) is 0 Å². The van der Waals surface area contributed by atoms with E-state index in [1.165, 1.54) is 6.92 Å². The van der Waals surface area contributed by atoms with Gasteiger partial charge in [0.2, 0.25) is 0 Å². The Kier molecular flexibility index (Phi) is 6.78. The lowest BCUT2D eigenvalue weighted by Crippen LogP contribution is -2.38. The number of halogens is 4. The van der Waals surface area contributed by atoms with E-state index in [0.29, 0.717) is 5.75 Å². The van der Waals surface area contributed by atoms with Gasteiger partial charge in [-0.3, -0.25) is 0 Å². The molecule has 2 unspecified atom stereocenters. The summed E-state index contributed by atoms with van der Waals surface area (Å²) < 4.78 is 42.5. The molecule has 0 saturated heterocycles. The lowest BCUT2D eigenvalue weighted by molar-refractivity contribution is -0.139. The predicted octanol–water partition coefficient (Wildman–Crippen LogP) is 3.12. The van der Waals surface area contributed by atoms with Crippen molar-refractivity contribution in [2.24, 2.45) is 0 Å². The molecular formula is C13H17BrF3NO2. The molecule has 2 atom stereocenters. The van der Waals surface area contributed by atoms with Crippen molar-refractivity contribution in [3.8, 4) is 5.75 Å². The van der Waals surface area contributed by atoms with Crippen LogP contribution in [0.1, 0.15) is 13.3 Å². The van der Waals surface area contributed by atoms with Crippen LogP contribution in [0.5, 0.6) is 5.75 Å². The largest absolute Gasteiger partial charge is 0.491 e. The van der Waals surface area contributed by atoms with E-state index in [1.807, 2.05) is 6.07 Å². The first-order valence-corrected chi connectivity index (χ1v) is 6.92. The summed E-state index contributed by atoms with van der Waals surface area (Å²) in [6.45, 7) is 1.49. The maximum Gasteiger partial charge on any atom is 0.390 e. The maximum absolute atomic E-state index is 12.1. The van der Waals surface area contributed by atoms with Crippen LogP contribution in [0.2, 0.25) is 0 Å². The normalized spacial score (nSPS) is 14.9. The van der Waals surface area contributed by atoms with Crippen LogP contribution in [-0.4, -0.2) is 36.6 Å². The Bertz CT molecular complexity index is 415. The van der Waals surface area contributed by atoms with Crippen LogP contribution in [0.3, 0.4) is 0 Å². The highest BCUT2D eigenvalue weighted by Gasteiger charge is 2.29. The van der Waals surface area contributed by atoms with Gasteiger partial charge in [-0.15, -0.1) is 0 Å². The van der Waals surface area contributed by atoms with Gasteiger partial charge in [0, 0.05) is 17.1 Å². The third kappa shape index (κ3) is 7.72. The number of ether oxygens (including phenoxy) is 1. The summed E-state index contributed by atoms with van der Waals surface area (Å²) in [5, 5.41) is 12.3. The molecule has 1 aromatic carbocycles. The summed E-state index contributed by atoms with van der Waals surface area (Å²) in [4.78, 5) is 0. The molecule has 0 heterocycles. The molecule has 0 saturated carbocycles. The molecule has 0 radical (unpaired) electrons. The van der Waals surface area contributed by atoms with Crippen LogP contribution in [0.15, 0.2) is 28.7 Å². The van der Waals surface area contributed by atoms with Crippen molar-refractivity contribution in [1.82, 2.24) is 5.32 Å². The van der Waals surface area contributed by atoms with Crippen LogP contribution in [-0.2, 0) is 0 Å². The zero-order valence-electron chi connectivity index (χ0n) is 11.0. The molecule has 0 aliphatic carbocycles. The maximum atomic E-state index is 12.1. The minimum atomic E-state index is -4.20. The van der Waals surface area contributed by atoms with E-state index in [9.17, 15) is 18.3 Å². The van der Waals surface area contributed by atoms with E-state index in [2.05, 4.69) is 21.2 Å². The van der Waals surface area contributed by atoms with E-state index in [1.54, 1.807) is 18.2 Å². The molecule has 3 nitrogen and oxygen atoms in total. The van der Waals surface area contributed by atoms with Crippen molar-refractivity contribution in [2.45, 2.75) is 31.7 Å². The highest BCUT2D eigenvalue weighted by atomic mass is 79.9. The van der Waals surface area contributed by atoms with Gasteiger partial charge in [0.25, 0.3) is 0 Å². The minimum absolute atomic E-state index is 0.0161. The van der Waals surface area contributed by atoms with E-state index >= 15 is 0 Å². The molecule has 2 N–H and O–H groups in total. The van der Waals surface area contributed by atoms with Crippen LogP contribution in [0.4, 0.5) is 13.2 Å². The lowest BCUT2D eigenvalue weighted by atomic mass is 10.2. The number of hydrogen-bond donors (Lipinski definition) is 2. The number of rotatable bonds is 7. The van der Waals surface area contributed by atoms with Gasteiger partial charge in [-0.05, 0) is 25.1 Å². The second kappa shape index (κ2) is 7.85. The Morgan fingerprint density at radius 1 is 1.40 bits per heavy atom. The highest BCUT2D eigenvalue weighted by Crippen LogP contribution is 2.21. The fourth-order valence-corrected chi connectivity index (χ4v) is 1.94. The van der Waals surface area contributed by atoms with E-state index in [0.717, 1.165) is 4.47 Å². The minimum Gasteiger partial charge on any atom is -0.491 e. The first-order valence-electron chi connectivity index (χ1n) is 6.13. The predicted molar refractivity (Wildman–Crippen MR) is 73.8 cm³/mol. The van der Waals surface area contributed by atoms with Crippen molar-refractivity contribution in [1.29, 1.82) is 0 Å². The zero-order valence-corrected chi connectivity index (χ0v) is 12.5. The molecule has 0 aromatic heterocycles. The molecule has 7 heteroatoms. The van der Waals surface area contributed by atoms with Crippen LogP contribution < -0.4 is 10.1 Å². The third-order valence-electron chi connectivity index (χ3n) is 2.48. The number of aliphatic hydroxyl groups excluding tert-OH is 1. The molecule has 1 rings (SSSR count). The van der Waals surface area contributed by atoms with E-state index in [-0.39, 0.29) is 13.2 Å². The second-order valence-corrected chi connectivity index (χ2v) is 5.47. The number of aliphatic hydroxyl groups is 1. The Hall–Kier alpha value is -0.790. The summed E-state index contributed by atoms with van der Waals surface area (Å²) in [6, 6.07) is 6.36. The van der Waals surface area contributed by atoms with Crippen molar-refractivity contribution < 1.29 is 23.0 Å². The molecule has 0 fully saturated rings. The average Bonchev–Trinajstić information content (AvgIpc) is 2.32. The van der Waals surface area contributed by atoms with Crippen LogP contribution >= 0.6 is 15.9 Å². The van der Waals surface area contributed by atoms with Gasteiger partial charge >= 0.3 is 6.18 Å². The molecule has 0 aliphatic rings. The monoisotopic (exact) mass is 355 g/mol. The van der Waals surface area contributed by atoms with Gasteiger partial charge in [0.05, 0.1) is 6.42 Å². The number of alkyl halides is 3. The van der Waals surface area contributed by atoms with Crippen LogP contribution in [0.25, 0.3) is 0 Å². The van der Waals surface area contributed by atoms with E-state index in [4.69, 9.17) is 4.74 Å². The molecule has 1 aromatic rings. The summed E-state index contributed by atoms with van der Waals surface area (Å²) in [5.74, 6) is 0.585. The van der Waals surface area contributed by atoms with Gasteiger partial charge in [0.1, 0.15) is 18.5 Å². The summed E-state index contributed by atoms with van der Waals surface area (Å²) in [7, 11) is 0. The molecule has 0 bridgehead atoms. The van der Waals surface area contributed by atoms with Crippen molar-refractivity contribution >= 4 is 15.9 Å². The smallest absolute Gasteiger partial charge is 0.390 e. The Morgan fingerprint density at radius 3 is 2.70 bits per heavy atom. The quantitative estimate of drug-likeness (QED) is 0.789. The van der Waals surface area contributed by atoms with Crippen LogP contribution in [0, 0.1) is 0 Å². The van der Waals surface area contributed by atoms with Gasteiger partial charge in [-0.2, -0.15) is 13.2 Å². The van der Waals surface area contributed by atoms with E-state index < -0.39 is 24.7 Å². The molecule has 20 heavy (non-hydrogen) atoms. The Morgan fingerprint density at radius 2 is 2.10 bits per heavy atom. The molecule has 114 valence electrons. The van der Waals surface area contributed by atoms with Crippen molar-refractivity contribution in [2.75, 3.05) is 13.2 Å². The molecule has 0 aliphatic heterocycles. The van der Waals surface area contributed by atoms with Gasteiger partial charge in [0.15, 0.2) is 0 Å². The lowest BCUT2D eigenvalue weighted by Gasteiger charge is -2.18. The summed E-state index contributed by atoms with van der Waals surface area (Å²) in [5.41, 5.74) is 0. The number of benzene rings is 1. The Labute approximate surface area is 124 Å². The first-order chi connectivity index (χ1) is 9.26. The topological polar surface area (TPSA) is 41.5 Å².